The van der Waals surface area contributed by atoms with Gasteiger partial charge in [-0.1, -0.05) is 59.6 Å². The van der Waals surface area contributed by atoms with Crippen LogP contribution in [0.3, 0.4) is 0 Å². The van der Waals surface area contributed by atoms with Gasteiger partial charge in [0.15, 0.2) is 0 Å². The first-order chi connectivity index (χ1) is 9.96. The first-order valence-electron chi connectivity index (χ1n) is 7.22. The SMILES string of the molecule is C=C(O)C(=C)/C=C\C(C(=C)N=C(C)C(C)(C)P)=C(\C)N.CC. The maximum atomic E-state index is 9.22. The number of allylic oxidation sites excluding steroid dienone is 3. The minimum absolute atomic E-state index is 0.0772. The van der Waals surface area contributed by atoms with Gasteiger partial charge in [-0.15, -0.1) is 9.24 Å². The molecule has 0 radical (unpaired) electrons. The molecule has 1 atom stereocenters. The van der Waals surface area contributed by atoms with E-state index in [1.807, 2.05) is 20.8 Å². The van der Waals surface area contributed by atoms with E-state index in [0.29, 0.717) is 22.5 Å². The summed E-state index contributed by atoms with van der Waals surface area (Å²) in [6.07, 6.45) is 3.36. The van der Waals surface area contributed by atoms with Crippen LogP contribution in [0.1, 0.15) is 41.5 Å². The minimum atomic E-state index is -0.108. The summed E-state index contributed by atoms with van der Waals surface area (Å²) in [7, 11) is 2.74. The second-order valence-electron chi connectivity index (χ2n) is 5.27. The van der Waals surface area contributed by atoms with Crippen LogP contribution in [0.25, 0.3) is 0 Å². The molecule has 0 bridgehead atoms. The highest BCUT2D eigenvalue weighted by Gasteiger charge is 2.15. The quantitative estimate of drug-likeness (QED) is 0.311. The van der Waals surface area contributed by atoms with Gasteiger partial charge in [0.05, 0.1) is 5.70 Å². The Morgan fingerprint density at radius 1 is 1.14 bits per heavy atom. The summed E-state index contributed by atoms with van der Waals surface area (Å²) in [6, 6.07) is 0. The molecule has 0 saturated heterocycles. The average Bonchev–Trinajstić information content (AvgIpc) is 2.39. The zero-order valence-electron chi connectivity index (χ0n) is 14.8. The van der Waals surface area contributed by atoms with Gasteiger partial charge in [0, 0.05) is 27.7 Å². The van der Waals surface area contributed by atoms with Crippen LogP contribution in [0.4, 0.5) is 0 Å². The first-order valence-corrected chi connectivity index (χ1v) is 7.80. The van der Waals surface area contributed by atoms with E-state index in [1.54, 1.807) is 19.1 Å². The molecule has 0 aliphatic heterocycles. The summed E-state index contributed by atoms with van der Waals surface area (Å²) in [5.74, 6) is -0.0772. The number of rotatable bonds is 6. The fourth-order valence-electron chi connectivity index (χ4n) is 1.14. The van der Waals surface area contributed by atoms with Crippen molar-refractivity contribution in [3.8, 4) is 0 Å². The summed E-state index contributed by atoms with van der Waals surface area (Å²) in [6.45, 7) is 22.9. The van der Waals surface area contributed by atoms with Crippen molar-refractivity contribution in [2.45, 2.75) is 46.7 Å². The molecule has 22 heavy (non-hydrogen) atoms. The second-order valence-corrected chi connectivity index (χ2v) is 6.71. The van der Waals surface area contributed by atoms with Crippen molar-refractivity contribution in [2.75, 3.05) is 0 Å². The molecule has 3 nitrogen and oxygen atoms in total. The lowest BCUT2D eigenvalue weighted by Crippen LogP contribution is -2.21. The maximum absolute atomic E-state index is 9.22. The fraction of sp³-hybridized carbons (Fsp3) is 0.389. The number of hydrogen-bond acceptors (Lipinski definition) is 3. The van der Waals surface area contributed by atoms with E-state index >= 15 is 0 Å². The van der Waals surface area contributed by atoms with Crippen molar-refractivity contribution in [1.82, 2.24) is 0 Å². The number of aliphatic hydroxyl groups excluding tert-OH is 1. The summed E-state index contributed by atoms with van der Waals surface area (Å²) in [4.78, 5) is 4.49. The van der Waals surface area contributed by atoms with Crippen LogP contribution in [-0.4, -0.2) is 16.0 Å². The summed E-state index contributed by atoms with van der Waals surface area (Å²) in [5.41, 5.74) is 9.10. The minimum Gasteiger partial charge on any atom is -0.508 e. The third kappa shape index (κ3) is 8.63. The van der Waals surface area contributed by atoms with Crippen LogP contribution < -0.4 is 5.73 Å². The van der Waals surface area contributed by atoms with Crippen LogP contribution in [0, 0.1) is 0 Å². The lowest BCUT2D eigenvalue weighted by Gasteiger charge is -2.18. The van der Waals surface area contributed by atoms with E-state index in [1.165, 1.54) is 0 Å². The van der Waals surface area contributed by atoms with E-state index in [2.05, 4.69) is 47.8 Å². The number of nitrogens with two attached hydrogens (primary N) is 1. The average molecular weight is 322 g/mol. The van der Waals surface area contributed by atoms with Crippen molar-refractivity contribution < 1.29 is 5.11 Å². The van der Waals surface area contributed by atoms with Crippen molar-refractivity contribution in [3.05, 3.63) is 60.2 Å². The zero-order chi connectivity index (χ0) is 18.1. The van der Waals surface area contributed by atoms with Gasteiger partial charge in [-0.25, -0.2) is 0 Å². The molecular formula is C18H31N2OP. The predicted molar refractivity (Wildman–Crippen MR) is 104 cm³/mol. The van der Waals surface area contributed by atoms with Crippen LogP contribution in [0.5, 0.6) is 0 Å². The third-order valence-electron chi connectivity index (χ3n) is 2.79. The van der Waals surface area contributed by atoms with Crippen LogP contribution >= 0.6 is 9.24 Å². The van der Waals surface area contributed by atoms with Gasteiger partial charge >= 0.3 is 0 Å². The van der Waals surface area contributed by atoms with Gasteiger partial charge in [-0.2, -0.15) is 0 Å². The van der Waals surface area contributed by atoms with Crippen LogP contribution in [0.2, 0.25) is 0 Å². The summed E-state index contributed by atoms with van der Waals surface area (Å²) in [5, 5.41) is 9.11. The molecule has 0 rings (SSSR count). The van der Waals surface area contributed by atoms with Crippen LogP contribution in [-0.2, 0) is 0 Å². The van der Waals surface area contributed by atoms with E-state index in [4.69, 9.17) is 5.73 Å². The molecular weight excluding hydrogens is 291 g/mol. The molecule has 1 unspecified atom stereocenters. The second kappa shape index (κ2) is 10.2. The normalized spacial score (nSPS) is 13.1. The Balaban J connectivity index is 0. The van der Waals surface area contributed by atoms with E-state index in [-0.39, 0.29) is 10.9 Å². The van der Waals surface area contributed by atoms with Gasteiger partial charge in [-0.3, -0.25) is 4.99 Å². The van der Waals surface area contributed by atoms with Gasteiger partial charge in [0.25, 0.3) is 0 Å². The monoisotopic (exact) mass is 322 g/mol. The lowest BCUT2D eigenvalue weighted by molar-refractivity contribution is 0.429. The van der Waals surface area contributed by atoms with Crippen molar-refractivity contribution in [3.63, 3.8) is 0 Å². The molecule has 0 heterocycles. The Hall–Kier alpha value is -1.60. The fourth-order valence-corrected chi connectivity index (χ4v) is 1.21. The van der Waals surface area contributed by atoms with Gasteiger partial charge < -0.3 is 10.8 Å². The summed E-state index contributed by atoms with van der Waals surface area (Å²) >= 11 is 0. The molecule has 124 valence electrons. The molecule has 0 fully saturated rings. The maximum Gasteiger partial charge on any atom is 0.115 e. The Labute approximate surface area is 138 Å². The molecule has 0 amide bonds. The molecule has 0 spiro atoms. The first kappa shape index (κ1) is 22.7. The predicted octanol–water partition coefficient (Wildman–Crippen LogP) is 5.06. The highest BCUT2D eigenvalue weighted by atomic mass is 31.0. The largest absolute Gasteiger partial charge is 0.508 e. The van der Waals surface area contributed by atoms with Gasteiger partial charge in [0.1, 0.15) is 5.76 Å². The Morgan fingerprint density at radius 3 is 1.91 bits per heavy atom. The lowest BCUT2D eigenvalue weighted by atomic mass is 10.1. The molecule has 0 aliphatic rings. The molecule has 0 saturated carbocycles. The number of aliphatic hydroxyl groups is 1. The van der Waals surface area contributed by atoms with E-state index in [0.717, 1.165) is 5.71 Å². The highest BCUT2D eigenvalue weighted by Crippen LogP contribution is 2.22. The van der Waals surface area contributed by atoms with Gasteiger partial charge in [0.2, 0.25) is 0 Å². The van der Waals surface area contributed by atoms with Crippen molar-refractivity contribution in [2.24, 2.45) is 10.7 Å². The Kier molecular flexibility index (Phi) is 10.5. The van der Waals surface area contributed by atoms with E-state index in [9.17, 15) is 5.11 Å². The molecule has 0 aromatic carbocycles. The molecule has 0 aliphatic carbocycles. The Morgan fingerprint density at radius 2 is 1.59 bits per heavy atom. The van der Waals surface area contributed by atoms with Crippen LogP contribution in [0.15, 0.2) is 65.2 Å². The molecule has 3 N–H and O–H groups in total. The topological polar surface area (TPSA) is 58.6 Å². The third-order valence-corrected chi connectivity index (χ3v) is 3.21. The zero-order valence-corrected chi connectivity index (χ0v) is 16.0. The smallest absolute Gasteiger partial charge is 0.115 e. The number of aliphatic imine (C=N–C) groups is 1. The molecule has 0 aromatic rings. The van der Waals surface area contributed by atoms with E-state index < -0.39 is 0 Å². The highest BCUT2D eigenvalue weighted by molar-refractivity contribution is 7.21. The van der Waals surface area contributed by atoms with Gasteiger partial charge in [-0.05, 0) is 13.8 Å². The Bertz CT molecular complexity index is 514. The standard InChI is InChI=1S/C16H25N2OP.C2H6/c1-10(13(4)19)8-9-15(11(2)17)12(3)18-14(5)16(6,7)20;1-2/h8-9,19H,1,3-4,17,20H2,2,5-7H3;1-2H3/b9-8-,15-11+,18-14?;. The van der Waals surface area contributed by atoms with Crippen molar-refractivity contribution in [1.29, 1.82) is 0 Å². The molecule has 0 aromatic heterocycles. The number of hydrogen-bond donors (Lipinski definition) is 2. The number of nitrogens with zero attached hydrogens (tertiary/aromatic N) is 1. The molecule has 4 heteroatoms. The summed E-state index contributed by atoms with van der Waals surface area (Å²) < 4.78 is 0. The van der Waals surface area contributed by atoms with Crippen molar-refractivity contribution >= 4 is 15.0 Å².